The minimum Gasteiger partial charge on any atom is -0.506 e. The van der Waals surface area contributed by atoms with Crippen molar-refractivity contribution in [2.75, 3.05) is 25.0 Å². The van der Waals surface area contributed by atoms with Crippen molar-refractivity contribution in [3.63, 3.8) is 0 Å². The third-order valence-electron chi connectivity index (χ3n) is 4.41. The number of fused-ring (bicyclic) bond motifs is 1. The molecule has 2 aliphatic heterocycles. The molecular weight excluding hydrogens is 332 g/mol. The van der Waals surface area contributed by atoms with Gasteiger partial charge >= 0.3 is 0 Å². The number of nitrogens with one attached hydrogen (secondary N) is 1. The lowest BCUT2D eigenvalue weighted by Crippen LogP contribution is -2.35. The molecule has 0 spiro atoms. The molecule has 0 aliphatic carbocycles. The molecule has 1 atom stereocenters. The number of benzene rings is 1. The normalized spacial score (nSPS) is 21.6. The highest BCUT2D eigenvalue weighted by Gasteiger charge is 2.29. The molecule has 1 saturated heterocycles. The minimum atomic E-state index is -0.0102. The van der Waals surface area contributed by atoms with Gasteiger partial charge in [0.05, 0.1) is 12.1 Å². The van der Waals surface area contributed by atoms with Crippen LogP contribution in [0.3, 0.4) is 0 Å². The lowest BCUT2D eigenvalue weighted by molar-refractivity contribution is -0.115. The van der Waals surface area contributed by atoms with Crippen LogP contribution in [0.25, 0.3) is 0 Å². The second kappa shape index (κ2) is 6.79. The first-order chi connectivity index (χ1) is 9.69. The molecule has 3 rings (SSSR count). The Morgan fingerprint density at radius 1 is 1.43 bits per heavy atom. The van der Waals surface area contributed by atoms with Gasteiger partial charge in [0.25, 0.3) is 0 Å². The van der Waals surface area contributed by atoms with Gasteiger partial charge < -0.3 is 15.3 Å². The van der Waals surface area contributed by atoms with E-state index in [2.05, 4.69) is 17.1 Å². The summed E-state index contributed by atoms with van der Waals surface area (Å²) in [5.74, 6) is 0.664. The zero-order valence-corrected chi connectivity index (χ0v) is 14.1. The number of aromatic hydroxyl groups is 1. The SMILES string of the molecule is Br.CCCN1CCCC(c2ccc(O)c3c2CC(=O)N3)C1. The number of phenols is 1. The Hall–Kier alpha value is -1.07. The zero-order chi connectivity index (χ0) is 14.1. The molecule has 0 bridgehead atoms. The number of carbonyl (C=O) groups excluding carboxylic acids is 1. The quantitative estimate of drug-likeness (QED) is 0.820. The summed E-state index contributed by atoms with van der Waals surface area (Å²) in [6.45, 7) is 5.61. The van der Waals surface area contributed by atoms with Crippen LogP contribution in [0.15, 0.2) is 12.1 Å². The number of hydrogen-bond donors (Lipinski definition) is 2. The van der Waals surface area contributed by atoms with Gasteiger partial charge in [-0.05, 0) is 55.5 Å². The monoisotopic (exact) mass is 354 g/mol. The molecular formula is C16H23BrN2O2. The molecule has 4 nitrogen and oxygen atoms in total. The number of carbonyl (C=O) groups is 1. The molecule has 116 valence electrons. The molecule has 0 saturated carbocycles. The highest BCUT2D eigenvalue weighted by molar-refractivity contribution is 8.93. The van der Waals surface area contributed by atoms with Gasteiger partial charge in [-0.2, -0.15) is 0 Å². The van der Waals surface area contributed by atoms with Crippen LogP contribution in [0, 0.1) is 0 Å². The van der Waals surface area contributed by atoms with Crippen molar-refractivity contribution in [1.29, 1.82) is 0 Å². The van der Waals surface area contributed by atoms with E-state index in [-0.39, 0.29) is 28.6 Å². The largest absolute Gasteiger partial charge is 0.506 e. The van der Waals surface area contributed by atoms with Crippen molar-refractivity contribution >= 4 is 28.6 Å². The van der Waals surface area contributed by atoms with Crippen molar-refractivity contribution in [2.45, 2.75) is 38.5 Å². The Labute approximate surface area is 136 Å². The lowest BCUT2D eigenvalue weighted by Gasteiger charge is -2.33. The van der Waals surface area contributed by atoms with Crippen LogP contribution in [0.1, 0.15) is 43.2 Å². The highest BCUT2D eigenvalue weighted by Crippen LogP contribution is 2.40. The number of nitrogens with zero attached hydrogens (tertiary/aromatic N) is 1. The number of hydrogen-bond acceptors (Lipinski definition) is 3. The van der Waals surface area contributed by atoms with Gasteiger partial charge in [0.2, 0.25) is 5.91 Å². The topological polar surface area (TPSA) is 52.6 Å². The summed E-state index contributed by atoms with van der Waals surface area (Å²) in [6, 6.07) is 3.73. The summed E-state index contributed by atoms with van der Waals surface area (Å²) in [6.07, 6.45) is 3.97. The molecule has 2 aliphatic rings. The number of amides is 1. The molecule has 1 amide bonds. The van der Waals surface area contributed by atoms with Crippen LogP contribution in [0.5, 0.6) is 5.75 Å². The average Bonchev–Trinajstić information content (AvgIpc) is 2.82. The zero-order valence-electron chi connectivity index (χ0n) is 12.4. The van der Waals surface area contributed by atoms with Crippen molar-refractivity contribution in [2.24, 2.45) is 0 Å². The van der Waals surface area contributed by atoms with E-state index in [1.165, 1.54) is 31.4 Å². The van der Waals surface area contributed by atoms with Crippen LogP contribution in [0.4, 0.5) is 5.69 Å². The molecule has 1 aromatic carbocycles. The maximum Gasteiger partial charge on any atom is 0.228 e. The molecule has 5 heteroatoms. The van der Waals surface area contributed by atoms with Crippen molar-refractivity contribution < 1.29 is 9.90 Å². The van der Waals surface area contributed by atoms with Gasteiger partial charge in [0.1, 0.15) is 5.75 Å². The second-order valence-corrected chi connectivity index (χ2v) is 5.89. The summed E-state index contributed by atoms with van der Waals surface area (Å²) >= 11 is 0. The summed E-state index contributed by atoms with van der Waals surface area (Å²) in [4.78, 5) is 14.1. The standard InChI is InChI=1S/C16H22N2O2.BrH/c1-2-7-18-8-3-4-11(10-18)12-5-6-14(19)16-13(12)9-15(20)17-16;/h5-6,11,19H,2-4,7-10H2,1H3,(H,17,20);1H. The fraction of sp³-hybridized carbons (Fsp3) is 0.562. The number of phenolic OH excluding ortho intramolecular Hbond substituents is 1. The molecule has 0 aromatic heterocycles. The van der Waals surface area contributed by atoms with E-state index in [0.717, 1.165) is 18.7 Å². The molecule has 2 N–H and O–H groups in total. The Morgan fingerprint density at radius 2 is 2.24 bits per heavy atom. The number of halogens is 1. The third kappa shape index (κ3) is 3.24. The molecule has 0 radical (unpaired) electrons. The van der Waals surface area contributed by atoms with Crippen molar-refractivity contribution in [3.05, 3.63) is 23.3 Å². The average molecular weight is 355 g/mol. The van der Waals surface area contributed by atoms with Gasteiger partial charge in [0, 0.05) is 6.54 Å². The fourth-order valence-electron chi connectivity index (χ4n) is 3.54. The van der Waals surface area contributed by atoms with Crippen LogP contribution in [0.2, 0.25) is 0 Å². The summed E-state index contributed by atoms with van der Waals surface area (Å²) < 4.78 is 0. The lowest BCUT2D eigenvalue weighted by atomic mass is 9.86. The van der Waals surface area contributed by atoms with Gasteiger partial charge in [0.15, 0.2) is 0 Å². The maximum atomic E-state index is 11.6. The van der Waals surface area contributed by atoms with Gasteiger partial charge in [-0.3, -0.25) is 4.79 Å². The van der Waals surface area contributed by atoms with E-state index < -0.39 is 0 Å². The van der Waals surface area contributed by atoms with E-state index in [1.807, 2.05) is 6.07 Å². The Balaban J connectivity index is 0.00000161. The summed E-state index contributed by atoms with van der Waals surface area (Å²) in [7, 11) is 0. The first-order valence-electron chi connectivity index (χ1n) is 7.56. The number of piperidine rings is 1. The fourth-order valence-corrected chi connectivity index (χ4v) is 3.54. The van der Waals surface area contributed by atoms with E-state index in [4.69, 9.17) is 0 Å². The van der Waals surface area contributed by atoms with E-state index in [0.29, 0.717) is 18.0 Å². The predicted molar refractivity (Wildman–Crippen MR) is 89.5 cm³/mol. The van der Waals surface area contributed by atoms with Crippen molar-refractivity contribution in [3.8, 4) is 5.75 Å². The summed E-state index contributed by atoms with van der Waals surface area (Å²) in [5, 5.41) is 12.7. The van der Waals surface area contributed by atoms with Crippen LogP contribution in [-0.4, -0.2) is 35.5 Å². The van der Waals surface area contributed by atoms with Crippen LogP contribution >= 0.6 is 17.0 Å². The number of anilines is 1. The van der Waals surface area contributed by atoms with Gasteiger partial charge in [-0.15, -0.1) is 17.0 Å². The Morgan fingerprint density at radius 3 is 3.00 bits per heavy atom. The molecule has 1 aromatic rings. The van der Waals surface area contributed by atoms with Crippen molar-refractivity contribution in [1.82, 2.24) is 4.90 Å². The smallest absolute Gasteiger partial charge is 0.228 e. The third-order valence-corrected chi connectivity index (χ3v) is 4.41. The first kappa shape index (κ1) is 16.3. The predicted octanol–water partition coefficient (Wildman–Crippen LogP) is 3.05. The van der Waals surface area contributed by atoms with Crippen LogP contribution < -0.4 is 5.32 Å². The number of rotatable bonds is 3. The van der Waals surface area contributed by atoms with Gasteiger partial charge in [-0.1, -0.05) is 13.0 Å². The molecule has 1 fully saturated rings. The Kier molecular flexibility index (Phi) is 5.27. The summed E-state index contributed by atoms with van der Waals surface area (Å²) in [5.41, 5.74) is 2.90. The van der Waals surface area contributed by atoms with E-state index >= 15 is 0 Å². The minimum absolute atomic E-state index is 0. The Bertz CT molecular complexity index is 531. The molecule has 2 heterocycles. The molecule has 21 heavy (non-hydrogen) atoms. The highest BCUT2D eigenvalue weighted by atomic mass is 79.9. The molecule has 1 unspecified atom stereocenters. The van der Waals surface area contributed by atoms with Crippen LogP contribution in [-0.2, 0) is 11.2 Å². The first-order valence-corrected chi connectivity index (χ1v) is 7.56. The van der Waals surface area contributed by atoms with E-state index in [9.17, 15) is 9.90 Å². The van der Waals surface area contributed by atoms with E-state index in [1.54, 1.807) is 6.07 Å². The maximum absolute atomic E-state index is 11.6. The second-order valence-electron chi connectivity index (χ2n) is 5.89. The van der Waals surface area contributed by atoms with Gasteiger partial charge in [-0.25, -0.2) is 0 Å². The number of likely N-dealkylation sites (tertiary alicyclic amines) is 1.